The number of piperidine rings is 3. The van der Waals surface area contributed by atoms with E-state index in [1.54, 1.807) is 6.04 Å². The average Bonchev–Trinajstić information content (AvgIpc) is 2.83. The van der Waals surface area contributed by atoms with Crippen LogP contribution >= 0.6 is 0 Å². The van der Waals surface area contributed by atoms with Gasteiger partial charge in [0.1, 0.15) is 0 Å². The summed E-state index contributed by atoms with van der Waals surface area (Å²) in [7, 11) is -2.74. The third kappa shape index (κ3) is 5.47. The second-order valence-electron chi connectivity index (χ2n) is 11.8. The van der Waals surface area contributed by atoms with Gasteiger partial charge in [-0.1, -0.05) is 69.6 Å². The van der Waals surface area contributed by atoms with E-state index in [1.807, 2.05) is 6.20 Å². The van der Waals surface area contributed by atoms with Gasteiger partial charge >= 0.3 is 0 Å². The second kappa shape index (κ2) is 10.3. The first kappa shape index (κ1) is 25.1. The van der Waals surface area contributed by atoms with E-state index in [4.69, 9.17) is 4.43 Å². The molecule has 5 atom stereocenters. The van der Waals surface area contributed by atoms with Crippen molar-refractivity contribution >= 4 is 27.3 Å². The van der Waals surface area contributed by atoms with Crippen molar-refractivity contribution in [1.82, 2.24) is 9.88 Å². The zero-order chi connectivity index (χ0) is 23.6. The average molecular weight is 483 g/mol. The molecular formula is C28H46N2OSi2. The molecule has 4 heterocycles. The first-order chi connectivity index (χ1) is 15.8. The lowest BCUT2D eigenvalue weighted by molar-refractivity contribution is -0.0506. The quantitative estimate of drug-likeness (QED) is 0.324. The van der Waals surface area contributed by atoms with Crippen molar-refractivity contribution in [2.75, 3.05) is 13.1 Å². The first-order valence-electron chi connectivity index (χ1n) is 13.5. The minimum Gasteiger partial charge on any atom is -0.409 e. The summed E-state index contributed by atoms with van der Waals surface area (Å²) in [6.07, 6.45) is 6.30. The number of nitrogens with zero attached hydrogens (tertiary/aromatic N) is 2. The van der Waals surface area contributed by atoms with Gasteiger partial charge in [0.2, 0.25) is 0 Å². The molecule has 1 unspecified atom stereocenters. The van der Waals surface area contributed by atoms with Gasteiger partial charge in [-0.2, -0.15) is 0 Å². The Morgan fingerprint density at radius 3 is 2.42 bits per heavy atom. The normalized spacial score (nSPS) is 26.6. The molecule has 3 nitrogen and oxygen atoms in total. The molecule has 0 N–H and O–H groups in total. The predicted molar refractivity (Wildman–Crippen MR) is 147 cm³/mol. The number of rotatable bonds is 10. The largest absolute Gasteiger partial charge is 0.409 e. The Kier molecular flexibility index (Phi) is 7.84. The van der Waals surface area contributed by atoms with Gasteiger partial charge in [0.05, 0.1) is 19.7 Å². The summed E-state index contributed by atoms with van der Waals surface area (Å²) in [5.74, 6) is 1.77. The first-order valence-corrected chi connectivity index (χ1v) is 19.8. The van der Waals surface area contributed by atoms with Gasteiger partial charge in [-0.05, 0) is 68.6 Å². The van der Waals surface area contributed by atoms with Crippen LogP contribution in [0.4, 0.5) is 0 Å². The molecule has 3 saturated heterocycles. The Balaban J connectivity index is 1.57. The lowest BCUT2D eigenvalue weighted by Crippen LogP contribution is -2.56. The summed E-state index contributed by atoms with van der Waals surface area (Å²) in [4.78, 5) is 7.46. The molecule has 2 aromatic rings. The number of benzene rings is 1. The topological polar surface area (TPSA) is 25.4 Å². The van der Waals surface area contributed by atoms with Crippen molar-refractivity contribution in [2.24, 2.45) is 11.8 Å². The summed E-state index contributed by atoms with van der Waals surface area (Å²) < 4.78 is 7.00. The van der Waals surface area contributed by atoms with Crippen LogP contribution in [0.5, 0.6) is 0 Å². The molecule has 1 aromatic carbocycles. The molecule has 1 aromatic heterocycles. The van der Waals surface area contributed by atoms with Gasteiger partial charge in [0.15, 0.2) is 8.32 Å². The standard InChI is InChI=1S/C28H46N2OSi2/c1-7-33(8-2,9-3)19-16-23-21-30-18-15-22(23)20-27(30)28(31-32(4,5)6)25-14-17-29-26-13-11-10-12-24(25)26/h10-14,17,22-23,27-28H,7-9,15-16,18-21H2,1-6H3/t22-,23-,27-,28+/m0/s1. The fourth-order valence-corrected chi connectivity index (χ4v) is 11.3. The van der Waals surface area contributed by atoms with E-state index < -0.39 is 16.4 Å². The summed E-state index contributed by atoms with van der Waals surface area (Å²) in [5, 5.41) is 1.27. The van der Waals surface area contributed by atoms with E-state index in [9.17, 15) is 0 Å². The number of hydrogen-bond acceptors (Lipinski definition) is 3. The monoisotopic (exact) mass is 482 g/mol. The van der Waals surface area contributed by atoms with Gasteiger partial charge in [-0.25, -0.2) is 0 Å². The highest BCUT2D eigenvalue weighted by atomic mass is 28.4. The van der Waals surface area contributed by atoms with E-state index in [0.717, 1.165) is 17.4 Å². The maximum atomic E-state index is 7.00. The minimum absolute atomic E-state index is 0.156. The molecule has 3 aliphatic rings. The number of fused-ring (bicyclic) bond motifs is 4. The minimum atomic E-state index is -1.72. The van der Waals surface area contributed by atoms with Gasteiger partial charge < -0.3 is 4.43 Å². The summed E-state index contributed by atoms with van der Waals surface area (Å²) in [6, 6.07) is 17.3. The van der Waals surface area contributed by atoms with Crippen LogP contribution < -0.4 is 0 Å². The molecule has 182 valence electrons. The van der Waals surface area contributed by atoms with Crippen LogP contribution in [0, 0.1) is 11.8 Å². The Labute approximate surface area is 204 Å². The number of para-hydroxylation sites is 1. The lowest BCUT2D eigenvalue weighted by Gasteiger charge is -2.53. The van der Waals surface area contributed by atoms with E-state index in [-0.39, 0.29) is 6.10 Å². The van der Waals surface area contributed by atoms with Crippen LogP contribution in [-0.4, -0.2) is 45.4 Å². The summed E-state index contributed by atoms with van der Waals surface area (Å²) in [6.45, 7) is 16.9. The maximum Gasteiger partial charge on any atom is 0.184 e. The lowest BCUT2D eigenvalue weighted by atomic mass is 9.72. The van der Waals surface area contributed by atoms with Crippen molar-refractivity contribution in [3.8, 4) is 0 Å². The third-order valence-electron chi connectivity index (χ3n) is 9.05. The fraction of sp³-hybridized carbons (Fsp3) is 0.679. The molecule has 0 amide bonds. The van der Waals surface area contributed by atoms with E-state index in [2.05, 4.69) is 80.6 Å². The van der Waals surface area contributed by atoms with Gasteiger partial charge in [0.25, 0.3) is 0 Å². The molecule has 0 radical (unpaired) electrons. The molecule has 3 fully saturated rings. The molecule has 33 heavy (non-hydrogen) atoms. The van der Waals surface area contributed by atoms with Crippen LogP contribution in [0.1, 0.15) is 51.7 Å². The number of hydrogen-bond donors (Lipinski definition) is 0. The van der Waals surface area contributed by atoms with Crippen molar-refractivity contribution in [1.29, 1.82) is 0 Å². The molecule has 5 rings (SSSR count). The van der Waals surface area contributed by atoms with Crippen LogP contribution in [0.2, 0.25) is 43.8 Å². The highest BCUT2D eigenvalue weighted by Gasteiger charge is 2.45. The van der Waals surface area contributed by atoms with Crippen LogP contribution in [0.15, 0.2) is 36.5 Å². The van der Waals surface area contributed by atoms with Crippen LogP contribution in [0.25, 0.3) is 10.9 Å². The fourth-order valence-electron chi connectivity index (χ4n) is 6.69. The molecule has 0 saturated carbocycles. The summed E-state index contributed by atoms with van der Waals surface area (Å²) >= 11 is 0. The highest BCUT2D eigenvalue weighted by Crippen LogP contribution is 2.46. The summed E-state index contributed by atoms with van der Waals surface area (Å²) in [5.41, 5.74) is 2.44. The molecule has 0 aliphatic carbocycles. The van der Waals surface area contributed by atoms with Gasteiger partial charge in [0, 0.05) is 24.2 Å². The third-order valence-corrected chi connectivity index (χ3v) is 15.9. The van der Waals surface area contributed by atoms with E-state index in [1.165, 1.54) is 61.4 Å². The van der Waals surface area contributed by atoms with Crippen molar-refractivity contribution < 1.29 is 4.43 Å². The van der Waals surface area contributed by atoms with Crippen molar-refractivity contribution in [3.63, 3.8) is 0 Å². The van der Waals surface area contributed by atoms with Crippen LogP contribution in [0.3, 0.4) is 0 Å². The molecule has 5 heteroatoms. The maximum absolute atomic E-state index is 7.00. The van der Waals surface area contributed by atoms with Crippen molar-refractivity contribution in [3.05, 3.63) is 42.1 Å². The number of pyridine rings is 1. The van der Waals surface area contributed by atoms with Gasteiger partial charge in [-0.15, -0.1) is 0 Å². The molecular weight excluding hydrogens is 436 g/mol. The van der Waals surface area contributed by atoms with E-state index >= 15 is 0 Å². The van der Waals surface area contributed by atoms with E-state index in [0.29, 0.717) is 6.04 Å². The number of aromatic nitrogens is 1. The molecule has 0 spiro atoms. The molecule has 2 bridgehead atoms. The van der Waals surface area contributed by atoms with Crippen LogP contribution in [-0.2, 0) is 4.43 Å². The van der Waals surface area contributed by atoms with Crippen molar-refractivity contribution in [2.45, 2.75) is 96.0 Å². The Morgan fingerprint density at radius 1 is 1.06 bits per heavy atom. The zero-order valence-corrected chi connectivity index (χ0v) is 23.9. The molecule has 3 aliphatic heterocycles. The predicted octanol–water partition coefficient (Wildman–Crippen LogP) is 7.74. The second-order valence-corrected chi connectivity index (χ2v) is 21.9. The Hall–Kier alpha value is -1.02. The zero-order valence-electron chi connectivity index (χ0n) is 21.9. The highest BCUT2D eigenvalue weighted by molar-refractivity contribution is 6.79. The Morgan fingerprint density at radius 2 is 1.79 bits per heavy atom. The van der Waals surface area contributed by atoms with Gasteiger partial charge in [-0.3, -0.25) is 9.88 Å². The Bertz CT molecular complexity index is 910. The SMILES string of the molecule is CC[Si](CC)(CC)CC[C@H]1CN2CC[C@H]1C[C@H]2[C@H](O[Si](C)(C)C)c1ccnc2ccccc12. The smallest absolute Gasteiger partial charge is 0.184 e.